The van der Waals surface area contributed by atoms with Crippen molar-refractivity contribution in [2.75, 3.05) is 32.2 Å². The van der Waals surface area contributed by atoms with Crippen LogP contribution in [-0.2, 0) is 16.1 Å². The van der Waals surface area contributed by atoms with Gasteiger partial charge in [-0.1, -0.05) is 6.07 Å². The van der Waals surface area contributed by atoms with Crippen LogP contribution in [0.5, 0.6) is 11.5 Å². The van der Waals surface area contributed by atoms with E-state index in [1.54, 1.807) is 48.7 Å². The van der Waals surface area contributed by atoms with Crippen molar-refractivity contribution in [3.05, 3.63) is 40.6 Å². The van der Waals surface area contributed by atoms with Gasteiger partial charge in [0.1, 0.15) is 11.5 Å². The zero-order valence-corrected chi connectivity index (χ0v) is 16.6. The molecule has 0 saturated carbocycles. The number of anilines is 1. The van der Waals surface area contributed by atoms with Crippen molar-refractivity contribution in [2.45, 2.75) is 19.9 Å². The molecule has 1 aliphatic heterocycles. The number of nitrogens with zero attached hydrogens (tertiary/aromatic N) is 2. The van der Waals surface area contributed by atoms with Crippen LogP contribution in [0.1, 0.15) is 18.2 Å². The zero-order chi connectivity index (χ0) is 19.4. The molecule has 27 heavy (non-hydrogen) atoms. The van der Waals surface area contributed by atoms with E-state index in [2.05, 4.69) is 0 Å². The third-order valence-corrected chi connectivity index (χ3v) is 5.63. The number of carbonyl (C=O) groups is 2. The molecule has 0 radical (unpaired) electrons. The quantitative estimate of drug-likeness (QED) is 0.731. The first-order valence-electron chi connectivity index (χ1n) is 8.91. The molecule has 1 atom stereocenters. The molecule has 7 heteroatoms. The van der Waals surface area contributed by atoms with Gasteiger partial charge in [0, 0.05) is 30.5 Å². The number of hydrogen-bond donors (Lipinski definition) is 0. The second-order valence-corrected chi connectivity index (χ2v) is 7.41. The second kappa shape index (κ2) is 8.43. The number of benzene rings is 1. The fraction of sp³-hybridized carbons (Fsp3) is 0.400. The minimum absolute atomic E-state index is 0.0172. The molecular formula is C20H24N2O4S. The third kappa shape index (κ3) is 4.08. The monoisotopic (exact) mass is 388 g/mol. The van der Waals surface area contributed by atoms with Gasteiger partial charge in [0.25, 0.3) is 0 Å². The molecule has 144 valence electrons. The lowest BCUT2D eigenvalue weighted by atomic mass is 10.1. The minimum Gasteiger partial charge on any atom is -0.497 e. The van der Waals surface area contributed by atoms with Gasteiger partial charge in [-0.2, -0.15) is 0 Å². The summed E-state index contributed by atoms with van der Waals surface area (Å²) in [6.45, 7) is 3.51. The Labute approximate surface area is 163 Å². The van der Waals surface area contributed by atoms with Crippen LogP contribution in [0.3, 0.4) is 0 Å². The van der Waals surface area contributed by atoms with Crippen molar-refractivity contribution in [2.24, 2.45) is 5.92 Å². The summed E-state index contributed by atoms with van der Waals surface area (Å²) >= 11 is 1.63. The van der Waals surface area contributed by atoms with Crippen LogP contribution < -0.4 is 14.4 Å². The molecule has 6 nitrogen and oxygen atoms in total. The first kappa shape index (κ1) is 19.2. The summed E-state index contributed by atoms with van der Waals surface area (Å²) < 4.78 is 10.7. The lowest BCUT2D eigenvalue weighted by Gasteiger charge is -2.24. The van der Waals surface area contributed by atoms with Gasteiger partial charge in [-0.25, -0.2) is 0 Å². The number of hydrogen-bond acceptors (Lipinski definition) is 5. The summed E-state index contributed by atoms with van der Waals surface area (Å²) in [4.78, 5) is 30.2. The predicted octanol–water partition coefficient (Wildman–Crippen LogP) is 3.17. The fourth-order valence-electron chi connectivity index (χ4n) is 3.31. The van der Waals surface area contributed by atoms with Crippen molar-refractivity contribution >= 4 is 28.8 Å². The van der Waals surface area contributed by atoms with E-state index in [0.29, 0.717) is 36.8 Å². The van der Waals surface area contributed by atoms with Crippen molar-refractivity contribution in [1.82, 2.24) is 4.90 Å². The van der Waals surface area contributed by atoms with Crippen molar-refractivity contribution in [3.63, 3.8) is 0 Å². The largest absolute Gasteiger partial charge is 0.497 e. The number of rotatable bonds is 7. The van der Waals surface area contributed by atoms with E-state index >= 15 is 0 Å². The molecule has 0 aliphatic carbocycles. The highest BCUT2D eigenvalue weighted by molar-refractivity contribution is 7.09. The van der Waals surface area contributed by atoms with E-state index in [0.717, 1.165) is 4.88 Å². The number of carbonyl (C=O) groups excluding carboxylic acids is 2. The standard InChI is InChI=1S/C20H24N2O4S/c1-4-21(13-16-6-5-9-27-16)20(24)14-10-19(23)22(12-14)17-11-15(25-2)7-8-18(17)26-3/h5-9,11,14H,4,10,12-13H2,1-3H3. The highest BCUT2D eigenvalue weighted by Crippen LogP contribution is 2.36. The number of amides is 2. The molecule has 1 fully saturated rings. The van der Waals surface area contributed by atoms with E-state index in [1.165, 1.54) is 0 Å². The molecule has 1 aromatic heterocycles. The molecule has 1 aromatic carbocycles. The third-order valence-electron chi connectivity index (χ3n) is 4.77. The average Bonchev–Trinajstić information content (AvgIpc) is 3.34. The Balaban J connectivity index is 1.77. The Morgan fingerprint density at radius 3 is 2.74 bits per heavy atom. The Kier molecular flexibility index (Phi) is 6.01. The maximum absolute atomic E-state index is 13.0. The first-order chi connectivity index (χ1) is 13.1. The normalized spacial score (nSPS) is 16.5. The molecule has 2 heterocycles. The molecular weight excluding hydrogens is 364 g/mol. The highest BCUT2D eigenvalue weighted by Gasteiger charge is 2.38. The van der Waals surface area contributed by atoms with Crippen LogP contribution >= 0.6 is 11.3 Å². The topological polar surface area (TPSA) is 59.1 Å². The van der Waals surface area contributed by atoms with Gasteiger partial charge in [0.2, 0.25) is 11.8 Å². The number of thiophene rings is 1. The number of methoxy groups -OCH3 is 2. The van der Waals surface area contributed by atoms with Gasteiger partial charge in [0.15, 0.2) is 0 Å². The van der Waals surface area contributed by atoms with Crippen molar-refractivity contribution < 1.29 is 19.1 Å². The van der Waals surface area contributed by atoms with Crippen LogP contribution in [0.15, 0.2) is 35.7 Å². The van der Waals surface area contributed by atoms with E-state index in [9.17, 15) is 9.59 Å². The van der Waals surface area contributed by atoms with Crippen LogP contribution in [0.25, 0.3) is 0 Å². The summed E-state index contributed by atoms with van der Waals surface area (Å²) in [6, 6.07) is 9.33. The number of ether oxygens (including phenoxy) is 2. The lowest BCUT2D eigenvalue weighted by molar-refractivity contribution is -0.136. The minimum atomic E-state index is -0.353. The average molecular weight is 388 g/mol. The van der Waals surface area contributed by atoms with Crippen LogP contribution in [0.2, 0.25) is 0 Å². The fourth-order valence-corrected chi connectivity index (χ4v) is 4.03. The molecule has 3 rings (SSSR count). The Morgan fingerprint density at radius 2 is 2.11 bits per heavy atom. The van der Waals surface area contributed by atoms with Gasteiger partial charge in [-0.05, 0) is 30.5 Å². The van der Waals surface area contributed by atoms with Gasteiger partial charge >= 0.3 is 0 Å². The predicted molar refractivity (Wildman–Crippen MR) is 105 cm³/mol. The molecule has 0 N–H and O–H groups in total. The summed E-state index contributed by atoms with van der Waals surface area (Å²) in [6.07, 6.45) is 0.208. The van der Waals surface area contributed by atoms with Gasteiger partial charge in [0.05, 0.1) is 32.4 Å². The Morgan fingerprint density at radius 1 is 1.30 bits per heavy atom. The second-order valence-electron chi connectivity index (χ2n) is 6.37. The molecule has 1 unspecified atom stereocenters. The molecule has 2 amide bonds. The summed E-state index contributed by atoms with van der Waals surface area (Å²) in [5, 5.41) is 2.00. The smallest absolute Gasteiger partial charge is 0.228 e. The summed E-state index contributed by atoms with van der Waals surface area (Å²) in [7, 11) is 3.14. The molecule has 1 aliphatic rings. The van der Waals surface area contributed by atoms with E-state index in [1.807, 2.05) is 29.3 Å². The van der Waals surface area contributed by atoms with Crippen LogP contribution in [0.4, 0.5) is 5.69 Å². The van der Waals surface area contributed by atoms with E-state index < -0.39 is 0 Å². The molecule has 0 spiro atoms. The van der Waals surface area contributed by atoms with Crippen LogP contribution in [-0.4, -0.2) is 44.0 Å². The SMILES string of the molecule is CCN(Cc1cccs1)C(=O)C1CC(=O)N(c2cc(OC)ccc2OC)C1. The zero-order valence-electron chi connectivity index (χ0n) is 15.8. The van der Waals surface area contributed by atoms with Crippen molar-refractivity contribution in [1.29, 1.82) is 0 Å². The van der Waals surface area contributed by atoms with E-state index in [-0.39, 0.29) is 24.2 Å². The van der Waals surface area contributed by atoms with Gasteiger partial charge < -0.3 is 19.3 Å². The van der Waals surface area contributed by atoms with Gasteiger partial charge in [-0.15, -0.1) is 11.3 Å². The Bertz CT molecular complexity index is 806. The van der Waals surface area contributed by atoms with Gasteiger partial charge in [-0.3, -0.25) is 9.59 Å². The van der Waals surface area contributed by atoms with E-state index in [4.69, 9.17) is 9.47 Å². The summed E-state index contributed by atoms with van der Waals surface area (Å²) in [5.41, 5.74) is 0.637. The summed E-state index contributed by atoms with van der Waals surface area (Å²) in [5.74, 6) is 0.813. The molecule has 1 saturated heterocycles. The maximum Gasteiger partial charge on any atom is 0.228 e. The Hall–Kier alpha value is -2.54. The van der Waals surface area contributed by atoms with Crippen LogP contribution in [0, 0.1) is 5.92 Å². The highest BCUT2D eigenvalue weighted by atomic mass is 32.1. The van der Waals surface area contributed by atoms with Crippen molar-refractivity contribution in [3.8, 4) is 11.5 Å². The first-order valence-corrected chi connectivity index (χ1v) is 9.78. The maximum atomic E-state index is 13.0. The molecule has 2 aromatic rings. The molecule has 0 bridgehead atoms. The lowest BCUT2D eigenvalue weighted by Crippen LogP contribution is -2.36.